The lowest BCUT2D eigenvalue weighted by Crippen LogP contribution is -2.39. The van der Waals surface area contributed by atoms with Crippen molar-refractivity contribution in [1.29, 1.82) is 0 Å². The van der Waals surface area contributed by atoms with Gasteiger partial charge in [0.25, 0.3) is 5.91 Å². The second kappa shape index (κ2) is 6.00. The predicted octanol–water partition coefficient (Wildman–Crippen LogP) is 1.44. The molecule has 18 heavy (non-hydrogen) atoms. The maximum absolute atomic E-state index is 11.7. The van der Waals surface area contributed by atoms with Crippen LogP contribution in [0.2, 0.25) is 0 Å². The molecule has 100 valence electrons. The van der Waals surface area contributed by atoms with E-state index in [1.807, 2.05) is 0 Å². The third-order valence-electron chi connectivity index (χ3n) is 3.45. The van der Waals surface area contributed by atoms with Crippen molar-refractivity contribution in [3.05, 3.63) is 17.5 Å². The van der Waals surface area contributed by atoms with E-state index >= 15 is 0 Å². The van der Waals surface area contributed by atoms with Crippen LogP contribution < -0.4 is 5.32 Å². The fourth-order valence-corrected chi connectivity index (χ4v) is 2.18. The summed E-state index contributed by atoms with van der Waals surface area (Å²) in [7, 11) is 0. The molecule has 0 unspecified atom stereocenters. The molecular weight excluding hydrogens is 230 g/mol. The predicted molar refractivity (Wildman–Crippen MR) is 68.4 cm³/mol. The van der Waals surface area contributed by atoms with Crippen LogP contribution in [0.1, 0.15) is 36.0 Å². The third kappa shape index (κ3) is 3.57. The lowest BCUT2D eigenvalue weighted by Gasteiger charge is -2.30. The average Bonchev–Trinajstić information content (AvgIpc) is 2.78. The molecule has 0 saturated carbocycles. The van der Waals surface area contributed by atoms with Gasteiger partial charge >= 0.3 is 0 Å². The van der Waals surface area contributed by atoms with Crippen molar-refractivity contribution in [2.75, 3.05) is 26.2 Å². The van der Waals surface area contributed by atoms with E-state index in [1.165, 1.54) is 12.8 Å². The Labute approximate surface area is 108 Å². The maximum Gasteiger partial charge on any atom is 0.273 e. The van der Waals surface area contributed by atoms with E-state index < -0.39 is 0 Å². The van der Waals surface area contributed by atoms with E-state index in [1.54, 1.807) is 13.0 Å². The van der Waals surface area contributed by atoms with Crippen LogP contribution in [0.3, 0.4) is 0 Å². The van der Waals surface area contributed by atoms with Gasteiger partial charge in [-0.25, -0.2) is 0 Å². The summed E-state index contributed by atoms with van der Waals surface area (Å²) in [5, 5.41) is 6.56. The second-order valence-corrected chi connectivity index (χ2v) is 5.10. The molecule has 2 heterocycles. The number of hydrogen-bond donors (Lipinski definition) is 1. The number of hydrogen-bond acceptors (Lipinski definition) is 4. The smallest absolute Gasteiger partial charge is 0.273 e. The zero-order valence-corrected chi connectivity index (χ0v) is 11.1. The first-order valence-electron chi connectivity index (χ1n) is 6.59. The van der Waals surface area contributed by atoms with Crippen LogP contribution in [-0.4, -0.2) is 42.1 Å². The first-order chi connectivity index (χ1) is 8.65. The van der Waals surface area contributed by atoms with Crippen LogP contribution in [0.25, 0.3) is 0 Å². The summed E-state index contributed by atoms with van der Waals surface area (Å²) < 4.78 is 4.87. The fraction of sp³-hybridized carbons (Fsp3) is 0.692. The van der Waals surface area contributed by atoms with Gasteiger partial charge < -0.3 is 14.7 Å². The largest absolute Gasteiger partial charge is 0.361 e. The van der Waals surface area contributed by atoms with Crippen LogP contribution in [0, 0.1) is 12.8 Å². The molecule has 1 aliphatic rings. The zero-order chi connectivity index (χ0) is 13.0. The maximum atomic E-state index is 11.7. The summed E-state index contributed by atoms with van der Waals surface area (Å²) in [4.78, 5) is 14.1. The summed E-state index contributed by atoms with van der Waals surface area (Å²) in [6, 6.07) is 1.65. The molecule has 0 atom stereocenters. The van der Waals surface area contributed by atoms with Crippen LogP contribution in [-0.2, 0) is 0 Å². The monoisotopic (exact) mass is 251 g/mol. The van der Waals surface area contributed by atoms with Gasteiger partial charge in [-0.05, 0) is 38.8 Å². The first-order valence-corrected chi connectivity index (χ1v) is 6.59. The van der Waals surface area contributed by atoms with Crippen molar-refractivity contribution < 1.29 is 9.32 Å². The molecule has 0 aromatic carbocycles. The van der Waals surface area contributed by atoms with E-state index in [0.29, 0.717) is 18.0 Å². The van der Waals surface area contributed by atoms with Gasteiger partial charge in [0, 0.05) is 19.2 Å². The molecule has 5 nitrogen and oxygen atoms in total. The van der Waals surface area contributed by atoms with Crippen LogP contribution in [0.4, 0.5) is 0 Å². The van der Waals surface area contributed by atoms with E-state index in [9.17, 15) is 4.79 Å². The Morgan fingerprint density at radius 1 is 1.56 bits per heavy atom. The van der Waals surface area contributed by atoms with Crippen molar-refractivity contribution in [3.8, 4) is 0 Å². The normalized spacial score (nSPS) is 17.9. The Hall–Kier alpha value is -1.36. The van der Waals surface area contributed by atoms with Crippen molar-refractivity contribution in [3.63, 3.8) is 0 Å². The molecule has 0 bridgehead atoms. The lowest BCUT2D eigenvalue weighted by atomic mass is 9.99. The molecule has 1 N–H and O–H groups in total. The van der Waals surface area contributed by atoms with Gasteiger partial charge in [0.1, 0.15) is 5.76 Å². The van der Waals surface area contributed by atoms with Crippen molar-refractivity contribution in [2.24, 2.45) is 5.92 Å². The molecule has 1 aromatic rings. The Morgan fingerprint density at radius 2 is 2.28 bits per heavy atom. The van der Waals surface area contributed by atoms with Gasteiger partial charge in [0.15, 0.2) is 5.69 Å². The van der Waals surface area contributed by atoms with Crippen molar-refractivity contribution in [1.82, 2.24) is 15.4 Å². The van der Waals surface area contributed by atoms with Crippen LogP contribution >= 0.6 is 0 Å². The van der Waals surface area contributed by atoms with Gasteiger partial charge in [0.05, 0.1) is 0 Å². The molecule has 1 aromatic heterocycles. The highest BCUT2D eigenvalue weighted by Gasteiger charge is 2.16. The quantitative estimate of drug-likeness (QED) is 0.880. The number of likely N-dealkylation sites (tertiary alicyclic amines) is 1. The Morgan fingerprint density at radius 3 is 2.89 bits per heavy atom. The summed E-state index contributed by atoms with van der Waals surface area (Å²) in [5.74, 6) is 1.34. The molecule has 5 heteroatoms. The molecule has 1 fully saturated rings. The summed E-state index contributed by atoms with van der Waals surface area (Å²) in [6.45, 7) is 7.93. The molecule has 2 rings (SSSR count). The minimum atomic E-state index is -0.155. The number of nitrogens with zero attached hydrogens (tertiary/aromatic N) is 2. The highest BCUT2D eigenvalue weighted by molar-refractivity contribution is 5.92. The molecule has 0 aliphatic carbocycles. The molecule has 0 radical (unpaired) electrons. The van der Waals surface area contributed by atoms with E-state index in [0.717, 1.165) is 25.6 Å². The Bertz CT molecular complexity index is 395. The number of carbonyl (C=O) groups is 1. The topological polar surface area (TPSA) is 58.4 Å². The summed E-state index contributed by atoms with van der Waals surface area (Å²) >= 11 is 0. The minimum Gasteiger partial charge on any atom is -0.361 e. The number of aryl methyl sites for hydroxylation is 1. The number of carbonyl (C=O) groups excluding carboxylic acids is 1. The Kier molecular flexibility index (Phi) is 4.36. The minimum absolute atomic E-state index is 0.155. The van der Waals surface area contributed by atoms with E-state index in [4.69, 9.17) is 4.52 Å². The van der Waals surface area contributed by atoms with Gasteiger partial charge in [-0.2, -0.15) is 0 Å². The highest BCUT2D eigenvalue weighted by Crippen LogP contribution is 2.15. The van der Waals surface area contributed by atoms with Gasteiger partial charge in [-0.1, -0.05) is 12.1 Å². The number of piperidine rings is 1. The van der Waals surface area contributed by atoms with Crippen molar-refractivity contribution >= 4 is 5.91 Å². The third-order valence-corrected chi connectivity index (χ3v) is 3.45. The van der Waals surface area contributed by atoms with Crippen LogP contribution in [0.5, 0.6) is 0 Å². The van der Waals surface area contributed by atoms with E-state index in [2.05, 4.69) is 22.3 Å². The Balaban J connectivity index is 1.67. The molecule has 0 spiro atoms. The number of nitrogens with one attached hydrogen (secondary N) is 1. The van der Waals surface area contributed by atoms with Gasteiger partial charge in [-0.3, -0.25) is 4.79 Å². The molecular formula is C13H21N3O2. The lowest BCUT2D eigenvalue weighted by molar-refractivity contribution is 0.0935. The molecule has 1 aliphatic heterocycles. The standard InChI is InChI=1S/C13H21N3O2/c1-10-3-6-16(7-4-10)8-5-14-13(17)12-9-11(2)18-15-12/h9-10H,3-8H2,1-2H3,(H,14,17). The summed E-state index contributed by atoms with van der Waals surface area (Å²) in [6.07, 6.45) is 2.52. The number of amides is 1. The molecule has 1 amide bonds. The molecule has 1 saturated heterocycles. The SMILES string of the molecule is Cc1cc(C(=O)NCCN2CCC(C)CC2)no1. The van der Waals surface area contributed by atoms with Gasteiger partial charge in [0.2, 0.25) is 0 Å². The first kappa shape index (κ1) is 13.1. The second-order valence-electron chi connectivity index (χ2n) is 5.10. The van der Waals surface area contributed by atoms with E-state index in [-0.39, 0.29) is 5.91 Å². The fourth-order valence-electron chi connectivity index (χ4n) is 2.18. The van der Waals surface area contributed by atoms with Gasteiger partial charge in [-0.15, -0.1) is 0 Å². The van der Waals surface area contributed by atoms with Crippen LogP contribution in [0.15, 0.2) is 10.6 Å². The summed E-state index contributed by atoms with van der Waals surface area (Å²) in [5.41, 5.74) is 0.361. The van der Waals surface area contributed by atoms with Crippen molar-refractivity contribution in [2.45, 2.75) is 26.7 Å². The zero-order valence-electron chi connectivity index (χ0n) is 11.1. The number of rotatable bonds is 4. The number of aromatic nitrogens is 1. The highest BCUT2D eigenvalue weighted by atomic mass is 16.5. The average molecular weight is 251 g/mol.